The maximum atomic E-state index is 13.1. The van der Waals surface area contributed by atoms with Gasteiger partial charge in [-0.25, -0.2) is 9.69 Å². The number of nitrogens with zero attached hydrogens (tertiary/aromatic N) is 1. The molecule has 8 nitrogen and oxygen atoms in total. The average Bonchev–Trinajstić information content (AvgIpc) is 3.06. The zero-order chi connectivity index (χ0) is 27.6. The van der Waals surface area contributed by atoms with Gasteiger partial charge in [-0.2, -0.15) is 0 Å². The summed E-state index contributed by atoms with van der Waals surface area (Å²) in [6.45, 7) is 7.28. The molecule has 0 aliphatic carbocycles. The second-order valence-corrected chi connectivity index (χ2v) is 9.55. The van der Waals surface area contributed by atoms with Gasteiger partial charge in [0.05, 0.1) is 17.4 Å². The van der Waals surface area contributed by atoms with Gasteiger partial charge in [-0.3, -0.25) is 14.4 Å². The second kappa shape index (κ2) is 10.9. The van der Waals surface area contributed by atoms with E-state index in [1.54, 1.807) is 68.4 Å². The van der Waals surface area contributed by atoms with E-state index in [0.717, 1.165) is 16.0 Å². The predicted molar refractivity (Wildman–Crippen MR) is 146 cm³/mol. The Labute approximate surface area is 225 Å². The lowest BCUT2D eigenvalue weighted by atomic mass is 10.1. The number of hydrogen-bond acceptors (Lipinski definition) is 6. The molecule has 4 rings (SSSR count). The lowest BCUT2D eigenvalue weighted by Gasteiger charge is -2.16. The normalized spacial score (nSPS) is 13.3. The van der Waals surface area contributed by atoms with E-state index in [1.807, 2.05) is 19.9 Å². The third-order valence-electron chi connectivity index (χ3n) is 5.61. The largest absolute Gasteiger partial charge is 0.459 e. The minimum absolute atomic E-state index is 0.0720. The molecular weight excluding hydrogens is 506 g/mol. The van der Waals surface area contributed by atoms with Crippen LogP contribution in [0.3, 0.4) is 0 Å². The molecule has 194 valence electrons. The average molecular weight is 532 g/mol. The zero-order valence-electron chi connectivity index (χ0n) is 21.3. The quantitative estimate of drug-likeness (QED) is 0.305. The van der Waals surface area contributed by atoms with Crippen molar-refractivity contribution in [1.29, 1.82) is 0 Å². The van der Waals surface area contributed by atoms with Crippen molar-refractivity contribution in [1.82, 2.24) is 0 Å². The van der Waals surface area contributed by atoms with E-state index in [2.05, 4.69) is 10.6 Å². The molecule has 3 amide bonds. The Morgan fingerprint density at radius 2 is 1.50 bits per heavy atom. The number of esters is 1. The van der Waals surface area contributed by atoms with Crippen LogP contribution >= 0.6 is 11.6 Å². The summed E-state index contributed by atoms with van der Waals surface area (Å²) in [6.07, 6.45) is -0.235. The maximum Gasteiger partial charge on any atom is 0.338 e. The van der Waals surface area contributed by atoms with Gasteiger partial charge < -0.3 is 15.4 Å². The van der Waals surface area contributed by atoms with Crippen LogP contribution in [0.2, 0.25) is 0 Å². The lowest BCUT2D eigenvalue weighted by molar-refractivity contribution is -0.120. The standard InChI is InChI=1S/C29H26ClN3O5/c1-16(2)38-29(37)19-8-10-21(11-9-19)32-26(34)20-6-5-7-22(15-20)31-25-24(30)27(35)33(28(25)36)23-13-17(3)12-18(4)14-23/h5-16,31H,1-4H3,(H,32,34). The van der Waals surface area contributed by atoms with E-state index >= 15 is 0 Å². The molecule has 1 aliphatic rings. The van der Waals surface area contributed by atoms with Gasteiger partial charge in [0, 0.05) is 16.9 Å². The lowest BCUT2D eigenvalue weighted by Crippen LogP contribution is -2.32. The summed E-state index contributed by atoms with van der Waals surface area (Å²) < 4.78 is 5.16. The van der Waals surface area contributed by atoms with Gasteiger partial charge in [0.1, 0.15) is 10.7 Å². The Bertz CT molecular complexity index is 1460. The van der Waals surface area contributed by atoms with E-state index in [-0.39, 0.29) is 16.8 Å². The fraction of sp³-hybridized carbons (Fsp3) is 0.172. The fourth-order valence-corrected chi connectivity index (χ4v) is 4.20. The van der Waals surface area contributed by atoms with Gasteiger partial charge >= 0.3 is 5.97 Å². The van der Waals surface area contributed by atoms with Crippen LogP contribution in [-0.4, -0.2) is 29.8 Å². The van der Waals surface area contributed by atoms with E-state index in [4.69, 9.17) is 16.3 Å². The molecule has 0 unspecified atom stereocenters. The van der Waals surface area contributed by atoms with Gasteiger partial charge in [-0.15, -0.1) is 0 Å². The summed E-state index contributed by atoms with van der Waals surface area (Å²) >= 11 is 6.26. The first-order chi connectivity index (χ1) is 18.0. The summed E-state index contributed by atoms with van der Waals surface area (Å²) in [5.41, 5.74) is 3.74. The monoisotopic (exact) mass is 531 g/mol. The smallest absolute Gasteiger partial charge is 0.338 e. The number of halogens is 1. The summed E-state index contributed by atoms with van der Waals surface area (Å²) in [6, 6.07) is 18.2. The number of carbonyl (C=O) groups is 4. The number of hydrogen-bond donors (Lipinski definition) is 2. The number of amides is 3. The first-order valence-electron chi connectivity index (χ1n) is 11.9. The van der Waals surface area contributed by atoms with Crippen LogP contribution in [0.15, 0.2) is 77.5 Å². The Hall–Kier alpha value is -4.43. The highest BCUT2D eigenvalue weighted by atomic mass is 35.5. The number of aryl methyl sites for hydroxylation is 2. The highest BCUT2D eigenvalue weighted by Gasteiger charge is 2.39. The van der Waals surface area contributed by atoms with Crippen LogP contribution in [-0.2, 0) is 14.3 Å². The first-order valence-corrected chi connectivity index (χ1v) is 12.3. The molecule has 0 fully saturated rings. The molecular formula is C29H26ClN3O5. The summed E-state index contributed by atoms with van der Waals surface area (Å²) in [5.74, 6) is -2.06. The van der Waals surface area contributed by atoms with E-state index in [9.17, 15) is 19.2 Å². The molecule has 0 atom stereocenters. The maximum absolute atomic E-state index is 13.1. The number of anilines is 3. The van der Waals surface area contributed by atoms with Crippen LogP contribution in [0.5, 0.6) is 0 Å². The van der Waals surface area contributed by atoms with Crippen molar-refractivity contribution in [3.8, 4) is 0 Å². The van der Waals surface area contributed by atoms with Gasteiger partial charge in [0.25, 0.3) is 17.7 Å². The Morgan fingerprint density at radius 1 is 0.842 bits per heavy atom. The highest BCUT2D eigenvalue weighted by molar-refractivity contribution is 6.53. The van der Waals surface area contributed by atoms with Gasteiger partial charge in [-0.05, 0) is 93.4 Å². The van der Waals surface area contributed by atoms with E-state index < -0.39 is 23.7 Å². The third kappa shape index (κ3) is 5.76. The molecule has 9 heteroatoms. The van der Waals surface area contributed by atoms with Gasteiger partial charge in [-0.1, -0.05) is 23.7 Å². The molecule has 0 saturated carbocycles. The minimum atomic E-state index is -0.626. The molecule has 0 aromatic heterocycles. The number of ether oxygens (including phenoxy) is 1. The number of carbonyl (C=O) groups excluding carboxylic acids is 4. The molecule has 0 radical (unpaired) electrons. The Balaban J connectivity index is 1.48. The SMILES string of the molecule is Cc1cc(C)cc(N2C(=O)C(Cl)=C(Nc3cccc(C(=O)Nc4ccc(C(=O)OC(C)C)cc4)c3)C2=O)c1. The minimum Gasteiger partial charge on any atom is -0.459 e. The molecule has 3 aromatic carbocycles. The summed E-state index contributed by atoms with van der Waals surface area (Å²) in [5, 5.41) is 5.43. The van der Waals surface area contributed by atoms with Gasteiger partial charge in [0.2, 0.25) is 0 Å². The van der Waals surface area contributed by atoms with Crippen molar-refractivity contribution >= 4 is 52.4 Å². The molecule has 38 heavy (non-hydrogen) atoms. The molecule has 1 aliphatic heterocycles. The number of imide groups is 1. The second-order valence-electron chi connectivity index (χ2n) is 9.17. The highest BCUT2D eigenvalue weighted by Crippen LogP contribution is 2.31. The number of nitrogens with one attached hydrogen (secondary N) is 2. The van der Waals surface area contributed by atoms with Gasteiger partial charge in [0.15, 0.2) is 0 Å². The molecule has 0 spiro atoms. The Morgan fingerprint density at radius 3 is 2.13 bits per heavy atom. The van der Waals surface area contributed by atoms with Crippen LogP contribution in [0, 0.1) is 13.8 Å². The molecule has 0 saturated heterocycles. The third-order valence-corrected chi connectivity index (χ3v) is 5.96. The molecule has 3 aromatic rings. The topological polar surface area (TPSA) is 105 Å². The van der Waals surface area contributed by atoms with Crippen molar-refractivity contribution < 1.29 is 23.9 Å². The zero-order valence-corrected chi connectivity index (χ0v) is 22.1. The van der Waals surface area contributed by atoms with Crippen LogP contribution in [0.4, 0.5) is 17.1 Å². The van der Waals surface area contributed by atoms with Crippen LogP contribution in [0.25, 0.3) is 0 Å². The number of rotatable bonds is 7. The Kier molecular flexibility index (Phi) is 7.64. The summed E-state index contributed by atoms with van der Waals surface area (Å²) in [4.78, 5) is 51.8. The van der Waals surface area contributed by atoms with Crippen molar-refractivity contribution in [3.05, 3.63) is 99.7 Å². The first kappa shape index (κ1) is 26.6. The van der Waals surface area contributed by atoms with Crippen molar-refractivity contribution in [2.45, 2.75) is 33.8 Å². The molecule has 2 N–H and O–H groups in total. The van der Waals surface area contributed by atoms with E-state index in [1.165, 1.54) is 6.07 Å². The van der Waals surface area contributed by atoms with Crippen molar-refractivity contribution in [3.63, 3.8) is 0 Å². The summed E-state index contributed by atoms with van der Waals surface area (Å²) in [7, 11) is 0. The van der Waals surface area contributed by atoms with Crippen LogP contribution < -0.4 is 15.5 Å². The predicted octanol–water partition coefficient (Wildman–Crippen LogP) is 5.56. The number of benzene rings is 3. The van der Waals surface area contributed by atoms with Crippen molar-refractivity contribution in [2.75, 3.05) is 15.5 Å². The molecule has 1 heterocycles. The fourth-order valence-electron chi connectivity index (χ4n) is 3.98. The van der Waals surface area contributed by atoms with Crippen molar-refractivity contribution in [2.24, 2.45) is 0 Å². The molecule has 0 bridgehead atoms. The van der Waals surface area contributed by atoms with E-state index in [0.29, 0.717) is 28.2 Å². The van der Waals surface area contributed by atoms with Crippen LogP contribution in [0.1, 0.15) is 45.7 Å².